The third-order valence-corrected chi connectivity index (χ3v) is 4.81. The molecule has 2 N–H and O–H groups in total. The number of amides is 1. The predicted octanol–water partition coefficient (Wildman–Crippen LogP) is 4.05. The van der Waals surface area contributed by atoms with E-state index < -0.39 is 24.3 Å². The van der Waals surface area contributed by atoms with Crippen molar-refractivity contribution in [2.45, 2.75) is 19.1 Å². The van der Waals surface area contributed by atoms with Gasteiger partial charge in [0.05, 0.1) is 13.7 Å². The number of nitrogens with one attached hydrogen (secondary N) is 1. The lowest BCUT2D eigenvalue weighted by molar-refractivity contribution is -0.136. The number of hydrogen-bond acceptors (Lipinski definition) is 8. The van der Waals surface area contributed by atoms with Crippen LogP contribution in [-0.4, -0.2) is 57.3 Å². The summed E-state index contributed by atoms with van der Waals surface area (Å²) in [5, 5.41) is 11.6. The fraction of sp³-hybridized carbons (Fsp3) is 0.308. The molecule has 0 fully saturated rings. The number of esters is 1. The van der Waals surface area contributed by atoms with Crippen molar-refractivity contribution in [3.63, 3.8) is 0 Å². The number of benzene rings is 2. The molecular formula is C26H31NO8. The van der Waals surface area contributed by atoms with Crippen LogP contribution < -0.4 is 14.8 Å². The highest BCUT2D eigenvalue weighted by molar-refractivity contribution is 5.85. The number of carbonyl (C=O) groups is 2. The van der Waals surface area contributed by atoms with Crippen LogP contribution in [0, 0.1) is 0 Å². The Morgan fingerprint density at radius 3 is 2.29 bits per heavy atom. The predicted molar refractivity (Wildman–Crippen MR) is 131 cm³/mol. The van der Waals surface area contributed by atoms with Crippen LogP contribution in [0.4, 0.5) is 10.5 Å². The lowest BCUT2D eigenvalue weighted by Gasteiger charge is -2.27. The number of anilines is 1. The summed E-state index contributed by atoms with van der Waals surface area (Å²) in [6.07, 6.45) is 0.328. The quantitative estimate of drug-likeness (QED) is 0.248. The highest BCUT2D eigenvalue weighted by Crippen LogP contribution is 2.30. The van der Waals surface area contributed by atoms with Gasteiger partial charge in [0.1, 0.15) is 30.8 Å². The second-order valence-corrected chi connectivity index (χ2v) is 7.28. The summed E-state index contributed by atoms with van der Waals surface area (Å²) in [5.74, 6) is 0.617. The summed E-state index contributed by atoms with van der Waals surface area (Å²) < 4.78 is 26.9. The Morgan fingerprint density at radius 2 is 1.71 bits per heavy atom. The van der Waals surface area contributed by atoms with Gasteiger partial charge in [-0.15, -0.1) is 0 Å². The van der Waals surface area contributed by atoms with Gasteiger partial charge < -0.3 is 28.8 Å². The van der Waals surface area contributed by atoms with Gasteiger partial charge in [0.15, 0.2) is 6.10 Å². The number of carbonyl (C=O) groups excluding carboxylic acids is 2. The van der Waals surface area contributed by atoms with Crippen LogP contribution in [-0.2, 0) is 19.0 Å². The van der Waals surface area contributed by atoms with Crippen molar-refractivity contribution < 1.29 is 38.4 Å². The molecule has 2 rings (SSSR count). The summed E-state index contributed by atoms with van der Waals surface area (Å²) in [5.41, 5.74) is 1.60. The molecule has 1 amide bonds. The molecule has 9 nitrogen and oxygen atoms in total. The van der Waals surface area contributed by atoms with Gasteiger partial charge in [0, 0.05) is 18.9 Å². The van der Waals surface area contributed by atoms with Crippen molar-refractivity contribution in [1.82, 2.24) is 0 Å². The maximum Gasteiger partial charge on any atom is 0.412 e. The molecule has 0 radical (unpaired) electrons. The molecule has 0 aromatic heterocycles. The molecular weight excluding hydrogens is 454 g/mol. The number of methoxy groups -OCH3 is 2. The zero-order chi connectivity index (χ0) is 25.6. The topological polar surface area (TPSA) is 113 Å². The van der Waals surface area contributed by atoms with E-state index in [1.54, 1.807) is 62.6 Å². The van der Waals surface area contributed by atoms with Crippen molar-refractivity contribution in [2.75, 3.05) is 39.4 Å². The van der Waals surface area contributed by atoms with Crippen molar-refractivity contribution in [3.8, 4) is 11.5 Å². The van der Waals surface area contributed by atoms with Gasteiger partial charge in [0.2, 0.25) is 0 Å². The van der Waals surface area contributed by atoms with Gasteiger partial charge >= 0.3 is 12.1 Å². The summed E-state index contributed by atoms with van der Waals surface area (Å²) in [6.45, 7) is 5.30. The molecule has 0 saturated heterocycles. The Kier molecular flexibility index (Phi) is 11.3. The summed E-state index contributed by atoms with van der Waals surface area (Å²) in [4.78, 5) is 24.9. The van der Waals surface area contributed by atoms with Crippen LogP contribution in [0.5, 0.6) is 11.5 Å². The van der Waals surface area contributed by atoms with E-state index in [9.17, 15) is 9.59 Å². The van der Waals surface area contributed by atoms with Crippen molar-refractivity contribution in [2.24, 2.45) is 0 Å². The Labute approximate surface area is 204 Å². The average molecular weight is 486 g/mol. The first-order valence-electron chi connectivity index (χ1n) is 10.9. The fourth-order valence-corrected chi connectivity index (χ4v) is 3.16. The molecule has 188 valence electrons. The summed E-state index contributed by atoms with van der Waals surface area (Å²) in [7, 11) is 3.00. The van der Waals surface area contributed by atoms with Crippen molar-refractivity contribution >= 4 is 17.7 Å². The SMILES string of the molecule is C=CCOC(=O)/C=C(\C)[C@@H](OC)[C@H](OC(=O)Nc1ccc(OC)cc1)c1ccc(OCCO)cc1. The summed E-state index contributed by atoms with van der Waals surface area (Å²) >= 11 is 0. The Bertz CT molecular complexity index is 985. The molecule has 0 saturated carbocycles. The number of hydrogen-bond donors (Lipinski definition) is 2. The third-order valence-electron chi connectivity index (χ3n) is 4.81. The van der Waals surface area contributed by atoms with E-state index in [4.69, 9.17) is 28.8 Å². The average Bonchev–Trinajstić information content (AvgIpc) is 2.86. The first-order valence-corrected chi connectivity index (χ1v) is 10.9. The Balaban J connectivity index is 2.29. The highest BCUT2D eigenvalue weighted by atomic mass is 16.6. The smallest absolute Gasteiger partial charge is 0.412 e. The van der Waals surface area contributed by atoms with Gasteiger partial charge in [-0.05, 0) is 54.5 Å². The molecule has 0 unspecified atom stereocenters. The van der Waals surface area contributed by atoms with Gasteiger partial charge in [-0.25, -0.2) is 9.59 Å². The minimum absolute atomic E-state index is 0.0692. The standard InChI is InChI=1S/C26H31NO8/c1-5-15-34-23(29)17-18(2)24(32-4)25(19-6-10-22(11-7-19)33-16-14-28)35-26(30)27-20-8-12-21(31-3)13-9-20/h5-13,17,24-25,28H,1,14-16H2,2-4H3,(H,27,30)/b18-17+/t24-,25-/m1/s1. The number of ether oxygens (including phenoxy) is 5. The molecule has 2 atom stereocenters. The first kappa shape index (κ1) is 27.4. The van der Waals surface area contributed by atoms with Gasteiger partial charge in [-0.1, -0.05) is 24.8 Å². The fourth-order valence-electron chi connectivity index (χ4n) is 3.16. The molecule has 0 heterocycles. The first-order chi connectivity index (χ1) is 16.9. The third kappa shape index (κ3) is 8.80. The normalized spacial score (nSPS) is 12.7. The lowest BCUT2D eigenvalue weighted by Crippen LogP contribution is -2.29. The number of aliphatic hydroxyl groups excluding tert-OH is 1. The van der Waals surface area contributed by atoms with E-state index in [-0.39, 0.29) is 19.8 Å². The minimum Gasteiger partial charge on any atom is -0.497 e. The number of rotatable bonds is 13. The van der Waals surface area contributed by atoms with E-state index in [0.717, 1.165) is 0 Å². The lowest BCUT2D eigenvalue weighted by atomic mass is 9.98. The molecule has 35 heavy (non-hydrogen) atoms. The second-order valence-electron chi connectivity index (χ2n) is 7.28. The zero-order valence-corrected chi connectivity index (χ0v) is 20.1. The van der Waals surface area contributed by atoms with Crippen LogP contribution in [0.1, 0.15) is 18.6 Å². The van der Waals surface area contributed by atoms with Crippen LogP contribution in [0.15, 0.2) is 72.8 Å². The molecule has 2 aromatic carbocycles. The molecule has 2 aromatic rings. The summed E-state index contributed by atoms with van der Waals surface area (Å²) in [6, 6.07) is 13.6. The molecule has 0 spiro atoms. The van der Waals surface area contributed by atoms with Gasteiger partial charge in [-0.3, -0.25) is 5.32 Å². The minimum atomic E-state index is -0.909. The van der Waals surface area contributed by atoms with Gasteiger partial charge in [-0.2, -0.15) is 0 Å². The van der Waals surface area contributed by atoms with E-state index in [1.807, 2.05) is 0 Å². The van der Waals surface area contributed by atoms with Gasteiger partial charge in [0.25, 0.3) is 0 Å². The van der Waals surface area contributed by atoms with Crippen LogP contribution in [0.3, 0.4) is 0 Å². The van der Waals surface area contributed by atoms with Crippen molar-refractivity contribution in [1.29, 1.82) is 0 Å². The molecule has 0 aliphatic carbocycles. The van der Waals surface area contributed by atoms with Crippen molar-refractivity contribution in [3.05, 3.63) is 78.4 Å². The monoisotopic (exact) mass is 485 g/mol. The van der Waals surface area contributed by atoms with Crippen LogP contribution >= 0.6 is 0 Å². The van der Waals surface area contributed by atoms with E-state index in [2.05, 4.69) is 11.9 Å². The van der Waals surface area contributed by atoms with Crippen LogP contribution in [0.25, 0.3) is 0 Å². The maximum absolute atomic E-state index is 12.8. The Morgan fingerprint density at radius 1 is 1.06 bits per heavy atom. The van der Waals surface area contributed by atoms with E-state index in [1.165, 1.54) is 19.3 Å². The van der Waals surface area contributed by atoms with Crippen LogP contribution in [0.2, 0.25) is 0 Å². The molecule has 9 heteroatoms. The number of aliphatic hydroxyl groups is 1. The van der Waals surface area contributed by atoms with E-state index in [0.29, 0.717) is 28.3 Å². The zero-order valence-electron chi connectivity index (χ0n) is 20.1. The molecule has 0 bridgehead atoms. The highest BCUT2D eigenvalue weighted by Gasteiger charge is 2.29. The molecule has 0 aliphatic heterocycles. The second kappa shape index (κ2) is 14.4. The van der Waals surface area contributed by atoms with E-state index >= 15 is 0 Å². The maximum atomic E-state index is 12.8. The largest absolute Gasteiger partial charge is 0.497 e. The Hall–Kier alpha value is -3.82. The molecule has 0 aliphatic rings.